The van der Waals surface area contributed by atoms with E-state index in [1.54, 1.807) is 97.1 Å². The fraction of sp³-hybridized carbons (Fsp3) is 0.294. The number of nitro groups is 4. The largest absolute Gasteiger partial charge is 0.508 e. The van der Waals surface area contributed by atoms with Gasteiger partial charge in [-0.2, -0.15) is 0 Å². The minimum absolute atomic E-state index is 0.00649. The summed E-state index contributed by atoms with van der Waals surface area (Å²) in [6.45, 7) is 5.56. The molecule has 28 heteroatoms. The number of hydrogen-bond donors (Lipinski definition) is 4. The molecule has 0 amide bonds. The number of nitrogens with zero attached hydrogens (tertiary/aromatic N) is 8. The number of nitro benzene ring substituents is 4. The second-order valence-corrected chi connectivity index (χ2v) is 28.6. The molecule has 96 heavy (non-hydrogen) atoms. The number of phenols is 4. The zero-order chi connectivity index (χ0) is 69.7. The van der Waals surface area contributed by atoms with E-state index in [1.807, 2.05) is 33.1 Å². The highest BCUT2D eigenvalue weighted by Crippen LogP contribution is 2.50. The van der Waals surface area contributed by atoms with Crippen LogP contribution in [-0.4, -0.2) is 140 Å². The summed E-state index contributed by atoms with van der Waals surface area (Å²) < 4.78 is 16.2. The number of rotatable bonds is 12. The SMILES string of the molecule is CN1C[C@@H](c2cc(Cl)ccc2O)[C@H](c2cc([N+](=O)[O-])ccc2Br)C1.CN1C[C@@H](c2cc(Cl)ccc2O)[C@H](c2cc([N+](=O)[O-])ccc2Cl)C1.CN1C[C@@H](c2cc(Cl)ccc2O)[C@H](c2cc([N+](=O)[O-])ccc2F)C1.CN1C[C@@H](c2cc(Cl)ccc2O)[C@H](c2cc([N+](=O)[O-])ccc2I)C1. The number of phenolic OH excluding ortho intramolecular Hbond substituents is 4. The van der Waals surface area contributed by atoms with Gasteiger partial charge in [0.05, 0.1) is 19.7 Å². The predicted octanol–water partition coefficient (Wildman–Crippen LogP) is 17.2. The lowest BCUT2D eigenvalue weighted by molar-refractivity contribution is -0.385. The molecule has 4 saturated heterocycles. The maximum atomic E-state index is 14.4. The van der Waals surface area contributed by atoms with Gasteiger partial charge in [0.15, 0.2) is 0 Å². The van der Waals surface area contributed by atoms with Gasteiger partial charge in [-0.25, -0.2) is 4.39 Å². The van der Waals surface area contributed by atoms with E-state index in [1.165, 1.54) is 36.4 Å². The maximum absolute atomic E-state index is 14.4. The summed E-state index contributed by atoms with van der Waals surface area (Å²) in [5.41, 5.74) is 5.78. The summed E-state index contributed by atoms with van der Waals surface area (Å²) in [7, 11) is 7.88. The lowest BCUT2D eigenvalue weighted by atomic mass is 9.83. The van der Waals surface area contributed by atoms with Gasteiger partial charge in [0.25, 0.3) is 22.7 Å². The van der Waals surface area contributed by atoms with Crippen molar-refractivity contribution in [3.05, 3.63) is 270 Å². The third kappa shape index (κ3) is 17.3. The van der Waals surface area contributed by atoms with Crippen molar-refractivity contribution in [3.8, 4) is 23.0 Å². The third-order valence-corrected chi connectivity index (χ3v) is 20.9. The number of likely N-dealkylation sites (N-methyl/N-ethyl adjacent to an activating group) is 4. The Morgan fingerprint density at radius 3 is 0.990 bits per heavy atom. The van der Waals surface area contributed by atoms with Crippen molar-refractivity contribution < 1.29 is 44.5 Å². The Bertz CT molecular complexity index is 3730. The summed E-state index contributed by atoms with van der Waals surface area (Å²) in [6, 6.07) is 37.6. The molecular formula is C68H64BrCl5FIN8O12. The molecule has 504 valence electrons. The predicted molar refractivity (Wildman–Crippen MR) is 382 cm³/mol. The molecule has 4 fully saturated rings. The molecule has 4 aliphatic heterocycles. The molecule has 0 bridgehead atoms. The van der Waals surface area contributed by atoms with Gasteiger partial charge < -0.3 is 40.0 Å². The Morgan fingerprint density at radius 2 is 0.635 bits per heavy atom. The van der Waals surface area contributed by atoms with Crippen LogP contribution in [0.4, 0.5) is 27.1 Å². The molecule has 4 aliphatic rings. The van der Waals surface area contributed by atoms with E-state index in [0.717, 1.165) is 79.7 Å². The molecule has 12 rings (SSSR count). The van der Waals surface area contributed by atoms with Crippen LogP contribution in [0.3, 0.4) is 0 Å². The molecule has 8 atom stereocenters. The van der Waals surface area contributed by atoms with Gasteiger partial charge in [-0.05, 0) is 170 Å². The highest BCUT2D eigenvalue weighted by Gasteiger charge is 2.41. The average Bonchev–Trinajstić information content (AvgIpc) is 1.59. The number of benzene rings is 8. The monoisotopic (exact) mass is 1580 g/mol. The summed E-state index contributed by atoms with van der Waals surface area (Å²) in [6.07, 6.45) is 0. The second kappa shape index (κ2) is 31.7. The second-order valence-electron chi connectivity index (χ2n) is 24.4. The molecule has 0 saturated carbocycles. The minimum Gasteiger partial charge on any atom is -0.508 e. The first-order valence-electron chi connectivity index (χ1n) is 29.9. The summed E-state index contributed by atoms with van der Waals surface area (Å²) >= 11 is 36.4. The van der Waals surface area contributed by atoms with Gasteiger partial charge in [0.1, 0.15) is 28.8 Å². The number of non-ortho nitro benzene ring substituents is 4. The number of halogens is 8. The Morgan fingerprint density at radius 1 is 0.375 bits per heavy atom. The molecule has 4 heterocycles. The Hall–Kier alpha value is -7.01. The Kier molecular flexibility index (Phi) is 24.2. The van der Waals surface area contributed by atoms with Crippen molar-refractivity contribution >= 4 is 119 Å². The van der Waals surface area contributed by atoms with Gasteiger partial charge in [-0.1, -0.05) is 73.9 Å². The summed E-state index contributed by atoms with van der Waals surface area (Å²) in [4.78, 5) is 51.1. The first kappa shape index (κ1) is 73.2. The molecule has 0 aliphatic carbocycles. The van der Waals surface area contributed by atoms with E-state index in [-0.39, 0.29) is 109 Å². The van der Waals surface area contributed by atoms with E-state index >= 15 is 0 Å². The standard InChI is InChI=1S/C17H16BrClN2O3.C17H16Cl2N2O3.C17H16ClFN2O3.C17H16ClIN2O3/c1-20-8-14(12-7-11(21(23)24)3-4-16(12)18)15(9-20)13-6-10(19)2-5-17(13)22;3*1-20-8-14(12-7-11(21(23)24)3-4-16(12)19)15(9-20)13-6-10(18)2-5-17(13)22/h4*2-7,14-15,22H,8-9H2,1H3/t4*14-,15-/m0000/s1. The molecule has 8 aromatic rings. The van der Waals surface area contributed by atoms with Crippen molar-refractivity contribution in [2.75, 3.05) is 80.5 Å². The molecule has 20 nitrogen and oxygen atoms in total. The number of aromatic hydroxyl groups is 4. The van der Waals surface area contributed by atoms with Crippen LogP contribution in [0, 0.1) is 49.8 Å². The third-order valence-electron chi connectivity index (χ3n) is 17.9. The van der Waals surface area contributed by atoms with Crippen LogP contribution >= 0.6 is 96.5 Å². The molecule has 0 spiro atoms. The van der Waals surface area contributed by atoms with Crippen LogP contribution in [0.15, 0.2) is 150 Å². The van der Waals surface area contributed by atoms with Gasteiger partial charge >= 0.3 is 0 Å². The summed E-state index contributed by atoms with van der Waals surface area (Å²) in [5.74, 6) is -0.300. The van der Waals surface area contributed by atoms with Gasteiger partial charge in [0.2, 0.25) is 0 Å². The molecule has 0 radical (unpaired) electrons. The van der Waals surface area contributed by atoms with Crippen molar-refractivity contribution in [3.63, 3.8) is 0 Å². The van der Waals surface area contributed by atoms with Gasteiger partial charge in [-0.15, -0.1) is 0 Å². The zero-order valence-electron chi connectivity index (χ0n) is 51.8. The number of likely N-dealkylation sites (tertiary alicyclic amines) is 4. The quantitative estimate of drug-likeness (QED) is 0.0503. The van der Waals surface area contributed by atoms with Crippen molar-refractivity contribution in [2.24, 2.45) is 0 Å². The first-order chi connectivity index (χ1) is 45.5. The normalized spacial score (nSPS) is 21.1. The molecule has 0 aromatic heterocycles. The van der Waals surface area contributed by atoms with Crippen molar-refractivity contribution in [1.82, 2.24) is 19.6 Å². The van der Waals surface area contributed by atoms with E-state index in [4.69, 9.17) is 58.0 Å². The van der Waals surface area contributed by atoms with Crippen molar-refractivity contribution in [1.29, 1.82) is 0 Å². The lowest BCUT2D eigenvalue weighted by Gasteiger charge is -2.21. The highest BCUT2D eigenvalue weighted by atomic mass is 127. The van der Waals surface area contributed by atoms with E-state index in [9.17, 15) is 65.3 Å². The smallest absolute Gasteiger partial charge is 0.269 e. The van der Waals surface area contributed by atoms with Crippen LogP contribution in [0.25, 0.3) is 0 Å². The zero-order valence-corrected chi connectivity index (χ0v) is 59.3. The van der Waals surface area contributed by atoms with E-state index in [0.29, 0.717) is 56.9 Å². The maximum Gasteiger partial charge on any atom is 0.269 e. The fourth-order valence-corrected chi connectivity index (χ4v) is 15.8. The van der Waals surface area contributed by atoms with E-state index in [2.05, 4.69) is 53.2 Å². The van der Waals surface area contributed by atoms with Crippen molar-refractivity contribution in [2.45, 2.75) is 47.3 Å². The minimum atomic E-state index is -0.534. The summed E-state index contributed by atoms with van der Waals surface area (Å²) in [5, 5.41) is 88.0. The number of hydrogen-bond acceptors (Lipinski definition) is 16. The highest BCUT2D eigenvalue weighted by molar-refractivity contribution is 14.1. The molecule has 0 unspecified atom stereocenters. The van der Waals surface area contributed by atoms with Gasteiger partial charge in [0, 0.05) is 204 Å². The van der Waals surface area contributed by atoms with Crippen LogP contribution in [0.5, 0.6) is 23.0 Å². The Labute approximate surface area is 599 Å². The van der Waals surface area contributed by atoms with Crippen LogP contribution in [0.1, 0.15) is 91.9 Å². The Balaban J connectivity index is 0.000000150. The van der Waals surface area contributed by atoms with Crippen LogP contribution in [-0.2, 0) is 0 Å². The van der Waals surface area contributed by atoms with Gasteiger partial charge in [-0.3, -0.25) is 40.5 Å². The topological polar surface area (TPSA) is 266 Å². The molecular weight excluding hydrogens is 1520 g/mol. The van der Waals surface area contributed by atoms with Crippen LogP contribution < -0.4 is 0 Å². The molecule has 4 N–H and O–H groups in total. The first-order valence-corrected chi connectivity index (χ1v) is 33.7. The lowest BCUT2D eigenvalue weighted by Crippen LogP contribution is -2.13. The fourth-order valence-electron chi connectivity index (χ4n) is 13.5. The van der Waals surface area contributed by atoms with Crippen LogP contribution in [0.2, 0.25) is 25.1 Å². The van der Waals surface area contributed by atoms with E-state index < -0.39 is 15.7 Å². The molecule has 8 aromatic carbocycles. The average molecular weight is 1590 g/mol.